The number of amides is 1. The van der Waals surface area contributed by atoms with Crippen molar-refractivity contribution in [3.63, 3.8) is 0 Å². The summed E-state index contributed by atoms with van der Waals surface area (Å²) in [6.45, 7) is 2.25. The van der Waals surface area contributed by atoms with E-state index in [-0.39, 0.29) is 18.9 Å². The minimum atomic E-state index is -0.969. The van der Waals surface area contributed by atoms with Crippen molar-refractivity contribution < 1.29 is 19.8 Å². The fraction of sp³-hybridized carbons (Fsp3) is 0.833. The van der Waals surface area contributed by atoms with Crippen LogP contribution in [0.4, 0.5) is 0 Å². The van der Waals surface area contributed by atoms with Gasteiger partial charge in [0.1, 0.15) is 6.04 Å². The third kappa shape index (κ3) is 4.00. The van der Waals surface area contributed by atoms with Crippen LogP contribution in [-0.4, -0.2) is 45.7 Å². The first-order chi connectivity index (χ1) is 8.06. The highest BCUT2D eigenvalue weighted by molar-refractivity contribution is 5.85. The minimum absolute atomic E-state index is 0.0543. The van der Waals surface area contributed by atoms with Gasteiger partial charge in [-0.25, -0.2) is 4.79 Å². The van der Waals surface area contributed by atoms with Crippen LogP contribution < -0.4 is 0 Å². The number of nitrogens with zero attached hydrogens (tertiary/aromatic N) is 1. The van der Waals surface area contributed by atoms with Crippen LogP contribution in [0.3, 0.4) is 0 Å². The van der Waals surface area contributed by atoms with Crippen molar-refractivity contribution in [1.82, 2.24) is 4.90 Å². The van der Waals surface area contributed by atoms with E-state index in [0.29, 0.717) is 6.42 Å². The molecule has 0 aromatic carbocycles. The van der Waals surface area contributed by atoms with Gasteiger partial charge in [-0.15, -0.1) is 0 Å². The van der Waals surface area contributed by atoms with Gasteiger partial charge < -0.3 is 15.1 Å². The van der Waals surface area contributed by atoms with E-state index in [1.165, 1.54) is 4.90 Å². The highest BCUT2D eigenvalue weighted by Crippen LogP contribution is 2.19. The molecule has 2 atom stereocenters. The molecule has 5 heteroatoms. The second-order valence-corrected chi connectivity index (χ2v) is 4.61. The standard InChI is InChI=1S/C12H21NO4/c1-2-3-4-5-6-10(12(16)17)13-8-9(14)7-11(13)15/h9-10,14H,2-8H2,1H3,(H,16,17). The maximum Gasteiger partial charge on any atom is 0.326 e. The van der Waals surface area contributed by atoms with Crippen molar-refractivity contribution in [2.45, 2.75) is 57.6 Å². The normalized spacial score (nSPS) is 21.9. The highest BCUT2D eigenvalue weighted by Gasteiger charge is 2.36. The number of hydrogen-bond acceptors (Lipinski definition) is 3. The SMILES string of the molecule is CCCCCCC(C(=O)O)N1CC(O)CC1=O. The molecular formula is C12H21NO4. The number of likely N-dealkylation sites (tertiary alicyclic amines) is 1. The lowest BCUT2D eigenvalue weighted by Crippen LogP contribution is -2.42. The topological polar surface area (TPSA) is 77.8 Å². The summed E-state index contributed by atoms with van der Waals surface area (Å²) < 4.78 is 0. The van der Waals surface area contributed by atoms with Crippen molar-refractivity contribution in [3.05, 3.63) is 0 Å². The molecule has 0 aromatic rings. The highest BCUT2D eigenvalue weighted by atomic mass is 16.4. The van der Waals surface area contributed by atoms with E-state index in [4.69, 9.17) is 5.11 Å². The fourth-order valence-electron chi connectivity index (χ4n) is 2.19. The zero-order valence-electron chi connectivity index (χ0n) is 10.3. The Morgan fingerprint density at radius 2 is 2.18 bits per heavy atom. The number of aliphatic hydroxyl groups excluding tert-OH is 1. The molecule has 1 aliphatic rings. The summed E-state index contributed by atoms with van der Waals surface area (Å²) in [6.07, 6.45) is 3.81. The van der Waals surface area contributed by atoms with E-state index in [0.717, 1.165) is 25.7 Å². The van der Waals surface area contributed by atoms with Gasteiger partial charge in [-0.05, 0) is 6.42 Å². The molecule has 5 nitrogen and oxygen atoms in total. The zero-order valence-corrected chi connectivity index (χ0v) is 10.3. The van der Waals surface area contributed by atoms with Gasteiger partial charge in [0, 0.05) is 6.54 Å². The van der Waals surface area contributed by atoms with Crippen LogP contribution in [0, 0.1) is 0 Å². The number of β-amino-alcohol motifs (C(OH)–C–C–N with tert-alkyl or cyclic N) is 1. The Hall–Kier alpha value is -1.10. The van der Waals surface area contributed by atoms with Gasteiger partial charge in [-0.2, -0.15) is 0 Å². The third-order valence-electron chi connectivity index (χ3n) is 3.13. The van der Waals surface area contributed by atoms with Crippen LogP contribution in [0.5, 0.6) is 0 Å². The molecule has 1 amide bonds. The summed E-state index contributed by atoms with van der Waals surface area (Å²) in [5.41, 5.74) is 0. The second-order valence-electron chi connectivity index (χ2n) is 4.61. The second kappa shape index (κ2) is 6.59. The summed E-state index contributed by atoms with van der Waals surface area (Å²) in [4.78, 5) is 24.0. The maximum absolute atomic E-state index is 11.5. The molecular weight excluding hydrogens is 222 g/mol. The Bertz CT molecular complexity index is 280. The van der Waals surface area contributed by atoms with Gasteiger partial charge in [0.25, 0.3) is 0 Å². The summed E-state index contributed by atoms with van der Waals surface area (Å²) in [5, 5.41) is 18.5. The smallest absolute Gasteiger partial charge is 0.326 e. The number of unbranched alkanes of at least 4 members (excludes halogenated alkanes) is 3. The van der Waals surface area contributed by atoms with Gasteiger partial charge in [0.05, 0.1) is 12.5 Å². The number of hydrogen-bond donors (Lipinski definition) is 2. The molecule has 1 rings (SSSR count). The van der Waals surface area contributed by atoms with E-state index in [9.17, 15) is 14.7 Å². The van der Waals surface area contributed by atoms with Crippen molar-refractivity contribution in [2.75, 3.05) is 6.54 Å². The first-order valence-electron chi connectivity index (χ1n) is 6.26. The number of carbonyl (C=O) groups excluding carboxylic acids is 1. The average molecular weight is 243 g/mol. The maximum atomic E-state index is 11.5. The lowest BCUT2D eigenvalue weighted by atomic mass is 10.1. The molecule has 0 spiro atoms. The Morgan fingerprint density at radius 3 is 2.65 bits per heavy atom. The first-order valence-corrected chi connectivity index (χ1v) is 6.26. The van der Waals surface area contributed by atoms with Gasteiger partial charge in [0.15, 0.2) is 0 Å². The molecule has 0 bridgehead atoms. The monoisotopic (exact) mass is 243 g/mol. The molecule has 1 saturated heterocycles. The predicted octanol–water partition coefficient (Wildman–Crippen LogP) is 1.00. The lowest BCUT2D eigenvalue weighted by molar-refractivity contribution is -0.148. The first kappa shape index (κ1) is 14.0. The quantitative estimate of drug-likeness (QED) is 0.654. The van der Waals surface area contributed by atoms with Crippen molar-refractivity contribution in [3.8, 4) is 0 Å². The molecule has 0 aliphatic carbocycles. The molecule has 1 fully saturated rings. The zero-order chi connectivity index (χ0) is 12.8. The average Bonchev–Trinajstić information content (AvgIpc) is 2.57. The van der Waals surface area contributed by atoms with Crippen LogP contribution in [0.2, 0.25) is 0 Å². The number of aliphatic carboxylic acids is 1. The van der Waals surface area contributed by atoms with Gasteiger partial charge in [-0.1, -0.05) is 32.6 Å². The molecule has 0 saturated carbocycles. The lowest BCUT2D eigenvalue weighted by Gasteiger charge is -2.24. The Labute approximate surface area is 101 Å². The largest absolute Gasteiger partial charge is 0.480 e. The predicted molar refractivity (Wildman–Crippen MR) is 62.5 cm³/mol. The van der Waals surface area contributed by atoms with E-state index >= 15 is 0 Å². The Balaban J connectivity index is 2.48. The third-order valence-corrected chi connectivity index (χ3v) is 3.13. The Kier molecular flexibility index (Phi) is 5.41. The number of aliphatic hydroxyl groups is 1. The van der Waals surface area contributed by atoms with Crippen LogP contribution in [0.25, 0.3) is 0 Å². The van der Waals surface area contributed by atoms with Crippen molar-refractivity contribution in [2.24, 2.45) is 0 Å². The molecule has 2 unspecified atom stereocenters. The van der Waals surface area contributed by atoms with Gasteiger partial charge in [-0.3, -0.25) is 4.79 Å². The molecule has 17 heavy (non-hydrogen) atoms. The Morgan fingerprint density at radius 1 is 1.47 bits per heavy atom. The fourth-order valence-corrected chi connectivity index (χ4v) is 2.19. The van der Waals surface area contributed by atoms with E-state index in [1.807, 2.05) is 0 Å². The number of carboxylic acids is 1. The molecule has 0 radical (unpaired) electrons. The van der Waals surface area contributed by atoms with Crippen LogP contribution >= 0.6 is 0 Å². The van der Waals surface area contributed by atoms with E-state index < -0.39 is 18.1 Å². The number of rotatable bonds is 7. The number of carbonyl (C=O) groups is 2. The molecule has 1 heterocycles. The minimum Gasteiger partial charge on any atom is -0.480 e. The van der Waals surface area contributed by atoms with E-state index in [1.54, 1.807) is 0 Å². The van der Waals surface area contributed by atoms with Gasteiger partial charge in [0.2, 0.25) is 5.91 Å². The summed E-state index contributed by atoms with van der Waals surface area (Å²) in [5.74, 6) is -1.22. The molecule has 98 valence electrons. The number of carboxylic acid groups (broad SMARTS) is 1. The summed E-state index contributed by atoms with van der Waals surface area (Å²) in [6, 6.07) is -0.767. The molecule has 0 aromatic heterocycles. The van der Waals surface area contributed by atoms with Crippen LogP contribution in [0.1, 0.15) is 45.4 Å². The van der Waals surface area contributed by atoms with Gasteiger partial charge >= 0.3 is 5.97 Å². The van der Waals surface area contributed by atoms with Crippen molar-refractivity contribution in [1.29, 1.82) is 0 Å². The molecule has 1 aliphatic heterocycles. The van der Waals surface area contributed by atoms with Crippen LogP contribution in [-0.2, 0) is 9.59 Å². The van der Waals surface area contributed by atoms with Crippen LogP contribution in [0.15, 0.2) is 0 Å². The summed E-state index contributed by atoms with van der Waals surface area (Å²) >= 11 is 0. The van der Waals surface area contributed by atoms with Crippen molar-refractivity contribution >= 4 is 11.9 Å². The summed E-state index contributed by atoms with van der Waals surface area (Å²) in [7, 11) is 0. The van der Waals surface area contributed by atoms with E-state index in [2.05, 4.69) is 6.92 Å². The molecule has 2 N–H and O–H groups in total.